The minimum absolute atomic E-state index is 0.107. The van der Waals surface area contributed by atoms with Gasteiger partial charge >= 0.3 is 5.97 Å². The molecule has 0 fully saturated rings. The van der Waals surface area contributed by atoms with Crippen molar-refractivity contribution in [2.45, 2.75) is 10.6 Å². The lowest BCUT2D eigenvalue weighted by molar-refractivity contribution is 0.0695. The van der Waals surface area contributed by atoms with Crippen LogP contribution in [0.4, 0.5) is 0 Å². The molecule has 2 aromatic rings. The van der Waals surface area contributed by atoms with Gasteiger partial charge in [0.15, 0.2) is 0 Å². The van der Waals surface area contributed by atoms with E-state index in [4.69, 9.17) is 16.7 Å². The number of rotatable bonds is 4. The fourth-order valence-corrected chi connectivity index (χ4v) is 4.30. The summed E-state index contributed by atoms with van der Waals surface area (Å²) >= 11 is 10.3. The second kappa shape index (κ2) is 6.17. The lowest BCUT2D eigenvalue weighted by Gasteiger charge is -2.04. The highest BCUT2D eigenvalue weighted by Gasteiger charge is 2.13. The van der Waals surface area contributed by atoms with Gasteiger partial charge in [0, 0.05) is 14.2 Å². The molecule has 1 aromatic heterocycles. The average Bonchev–Trinajstić information content (AvgIpc) is 2.74. The van der Waals surface area contributed by atoms with Gasteiger partial charge in [-0.15, -0.1) is 11.3 Å². The smallest absolute Gasteiger partial charge is 0.336 e. The Morgan fingerprint density at radius 2 is 2.11 bits per heavy atom. The van der Waals surface area contributed by atoms with E-state index in [0.29, 0.717) is 19.5 Å². The largest absolute Gasteiger partial charge is 0.478 e. The SMILES string of the molecule is O=C(O)c1cc(S(=O)Cc2ccc(Cl)s2)ccc1Br. The van der Waals surface area contributed by atoms with Crippen LogP contribution < -0.4 is 0 Å². The van der Waals surface area contributed by atoms with Crippen LogP contribution in [0, 0.1) is 0 Å². The van der Waals surface area contributed by atoms with E-state index in [1.165, 1.54) is 17.4 Å². The summed E-state index contributed by atoms with van der Waals surface area (Å²) < 4.78 is 13.3. The second-order valence-electron chi connectivity index (χ2n) is 3.64. The van der Waals surface area contributed by atoms with Crippen LogP contribution in [0.3, 0.4) is 0 Å². The van der Waals surface area contributed by atoms with Gasteiger partial charge in [-0.2, -0.15) is 0 Å². The maximum Gasteiger partial charge on any atom is 0.336 e. The molecule has 0 aliphatic heterocycles. The molecule has 0 saturated heterocycles. The zero-order chi connectivity index (χ0) is 14.0. The molecule has 0 aliphatic rings. The topological polar surface area (TPSA) is 54.4 Å². The summed E-state index contributed by atoms with van der Waals surface area (Å²) in [6, 6.07) is 8.25. The first-order valence-corrected chi connectivity index (χ1v) is 8.43. The van der Waals surface area contributed by atoms with Gasteiger partial charge in [-0.05, 0) is 46.3 Å². The lowest BCUT2D eigenvalue weighted by atomic mass is 10.2. The zero-order valence-corrected chi connectivity index (χ0v) is 13.4. The van der Waals surface area contributed by atoms with Crippen LogP contribution in [0.5, 0.6) is 0 Å². The van der Waals surface area contributed by atoms with Gasteiger partial charge in [0.05, 0.1) is 26.5 Å². The van der Waals surface area contributed by atoms with Crippen molar-refractivity contribution in [3.8, 4) is 0 Å². The number of hydrogen-bond donors (Lipinski definition) is 1. The average molecular weight is 380 g/mol. The predicted octanol–water partition coefficient (Wildman–Crippen LogP) is 4.17. The van der Waals surface area contributed by atoms with Crippen LogP contribution in [0.1, 0.15) is 15.2 Å². The standard InChI is InChI=1S/C12H8BrClO3S2/c13-10-3-2-8(5-9(10)12(15)16)19(17)6-7-1-4-11(14)18-7/h1-5H,6H2,(H,15,16). The number of benzene rings is 1. The summed E-state index contributed by atoms with van der Waals surface area (Å²) in [5.41, 5.74) is 0.107. The fraction of sp³-hybridized carbons (Fsp3) is 0.0833. The maximum atomic E-state index is 12.2. The first kappa shape index (κ1) is 14.7. The van der Waals surface area contributed by atoms with E-state index in [9.17, 15) is 9.00 Å². The first-order chi connectivity index (χ1) is 8.97. The van der Waals surface area contributed by atoms with Crippen LogP contribution in [0.2, 0.25) is 4.34 Å². The lowest BCUT2D eigenvalue weighted by Crippen LogP contribution is -2.01. The molecule has 0 radical (unpaired) electrons. The van der Waals surface area contributed by atoms with Crippen molar-refractivity contribution in [1.82, 2.24) is 0 Å². The Morgan fingerprint density at radius 3 is 2.68 bits per heavy atom. The number of carbonyl (C=O) groups is 1. The Balaban J connectivity index is 2.24. The fourth-order valence-electron chi connectivity index (χ4n) is 1.45. The Bertz CT molecular complexity index is 654. The van der Waals surface area contributed by atoms with Crippen LogP contribution in [0.15, 0.2) is 39.7 Å². The number of carboxylic acid groups (broad SMARTS) is 1. The predicted molar refractivity (Wildman–Crippen MR) is 80.5 cm³/mol. The molecule has 1 atom stereocenters. The number of hydrogen-bond acceptors (Lipinski definition) is 3. The van der Waals surface area contributed by atoms with Gasteiger partial charge in [0.25, 0.3) is 0 Å². The number of aromatic carboxylic acids is 1. The maximum absolute atomic E-state index is 12.2. The third kappa shape index (κ3) is 3.66. The molecule has 1 N–H and O–H groups in total. The molecular formula is C12H8BrClO3S2. The zero-order valence-electron chi connectivity index (χ0n) is 9.43. The summed E-state index contributed by atoms with van der Waals surface area (Å²) in [5.74, 6) is -0.720. The number of halogens is 2. The van der Waals surface area contributed by atoms with E-state index >= 15 is 0 Å². The molecule has 0 aliphatic carbocycles. The molecule has 0 bridgehead atoms. The Labute approximate surface area is 129 Å². The molecule has 0 amide bonds. The van der Waals surface area contributed by atoms with Crippen molar-refractivity contribution >= 4 is 55.6 Å². The Morgan fingerprint density at radius 1 is 1.37 bits per heavy atom. The van der Waals surface area contributed by atoms with Gasteiger partial charge in [-0.3, -0.25) is 4.21 Å². The van der Waals surface area contributed by atoms with Gasteiger partial charge in [0.1, 0.15) is 0 Å². The molecular weight excluding hydrogens is 372 g/mol. The highest BCUT2D eigenvalue weighted by atomic mass is 79.9. The molecule has 3 nitrogen and oxygen atoms in total. The summed E-state index contributed by atoms with van der Waals surface area (Å²) in [6.07, 6.45) is 0. The molecule has 1 heterocycles. The molecule has 19 heavy (non-hydrogen) atoms. The minimum Gasteiger partial charge on any atom is -0.478 e. The summed E-state index contributed by atoms with van der Waals surface area (Å²) in [7, 11) is -1.29. The summed E-state index contributed by atoms with van der Waals surface area (Å²) in [5, 5.41) is 9.02. The molecule has 2 rings (SSSR count). The van der Waals surface area contributed by atoms with E-state index in [-0.39, 0.29) is 5.56 Å². The summed E-state index contributed by atoms with van der Waals surface area (Å²) in [4.78, 5) is 12.4. The first-order valence-electron chi connectivity index (χ1n) is 5.13. The third-order valence-electron chi connectivity index (χ3n) is 2.33. The number of thiophene rings is 1. The third-order valence-corrected chi connectivity index (χ3v) is 5.79. The Hall–Kier alpha value is -0.690. The highest BCUT2D eigenvalue weighted by Crippen LogP contribution is 2.25. The molecule has 1 aromatic carbocycles. The van der Waals surface area contributed by atoms with E-state index in [0.717, 1.165) is 4.88 Å². The van der Waals surface area contributed by atoms with Crippen molar-refractivity contribution in [1.29, 1.82) is 0 Å². The van der Waals surface area contributed by atoms with Crippen molar-refractivity contribution in [3.05, 3.63) is 49.6 Å². The number of carboxylic acids is 1. The Kier molecular flexibility index (Phi) is 4.78. The highest BCUT2D eigenvalue weighted by molar-refractivity contribution is 9.10. The van der Waals surface area contributed by atoms with Crippen molar-refractivity contribution in [3.63, 3.8) is 0 Å². The van der Waals surface area contributed by atoms with E-state index in [2.05, 4.69) is 15.9 Å². The monoisotopic (exact) mass is 378 g/mol. The van der Waals surface area contributed by atoms with Gasteiger partial charge in [-0.25, -0.2) is 4.79 Å². The normalized spacial score (nSPS) is 12.3. The van der Waals surface area contributed by atoms with Gasteiger partial charge in [-0.1, -0.05) is 11.6 Å². The summed E-state index contributed by atoms with van der Waals surface area (Å²) in [6.45, 7) is 0. The van der Waals surface area contributed by atoms with Crippen molar-refractivity contribution < 1.29 is 14.1 Å². The van der Waals surface area contributed by atoms with Crippen molar-refractivity contribution in [2.75, 3.05) is 0 Å². The molecule has 0 saturated carbocycles. The second-order valence-corrected chi connectivity index (χ2v) is 7.75. The van der Waals surface area contributed by atoms with Crippen LogP contribution >= 0.6 is 38.9 Å². The van der Waals surface area contributed by atoms with Crippen molar-refractivity contribution in [2.24, 2.45) is 0 Å². The molecule has 100 valence electrons. The van der Waals surface area contributed by atoms with E-state index < -0.39 is 16.8 Å². The van der Waals surface area contributed by atoms with Crippen LogP contribution in [0.25, 0.3) is 0 Å². The molecule has 7 heteroatoms. The molecule has 0 spiro atoms. The minimum atomic E-state index is -1.29. The van der Waals surface area contributed by atoms with E-state index in [1.807, 2.05) is 6.07 Å². The van der Waals surface area contributed by atoms with E-state index in [1.54, 1.807) is 18.2 Å². The van der Waals surface area contributed by atoms with Crippen LogP contribution in [-0.4, -0.2) is 15.3 Å². The van der Waals surface area contributed by atoms with Crippen LogP contribution in [-0.2, 0) is 16.6 Å². The van der Waals surface area contributed by atoms with Gasteiger partial charge < -0.3 is 5.11 Å². The van der Waals surface area contributed by atoms with Gasteiger partial charge in [0.2, 0.25) is 0 Å². The molecule has 1 unspecified atom stereocenters. The quantitative estimate of drug-likeness (QED) is 0.867.